The molecule has 198 valence electrons. The Hall–Kier alpha value is -3.74. The Morgan fingerprint density at radius 1 is 1.11 bits per heavy atom. The molecule has 8 nitrogen and oxygen atoms in total. The third kappa shape index (κ3) is 6.94. The maximum atomic E-state index is 13.9. The smallest absolute Gasteiger partial charge is 0.418 e. The molecule has 2 aromatic heterocycles. The van der Waals surface area contributed by atoms with Gasteiger partial charge in [0.2, 0.25) is 0 Å². The molecule has 0 unspecified atom stereocenters. The molecule has 0 bridgehead atoms. The predicted octanol–water partition coefficient (Wildman–Crippen LogP) is 4.97. The molecule has 37 heavy (non-hydrogen) atoms. The van der Waals surface area contributed by atoms with Crippen LogP contribution in [0.4, 0.5) is 29.2 Å². The normalized spacial score (nSPS) is 11.8. The van der Waals surface area contributed by atoms with E-state index in [1.54, 1.807) is 18.9 Å². The number of nitrogens with zero attached hydrogens (tertiary/aromatic N) is 3. The minimum atomic E-state index is -4.82. The van der Waals surface area contributed by atoms with Crippen molar-refractivity contribution in [2.45, 2.75) is 37.4 Å². The summed E-state index contributed by atoms with van der Waals surface area (Å²) in [5, 5.41) is 8.36. The van der Waals surface area contributed by atoms with E-state index in [2.05, 4.69) is 14.7 Å². The molecule has 0 spiro atoms. The van der Waals surface area contributed by atoms with Crippen molar-refractivity contribution < 1.29 is 35.9 Å². The monoisotopic (exact) mass is 540 g/mol. The number of nitrogens with one attached hydrogen (secondary N) is 1. The molecule has 0 aliphatic carbocycles. The van der Waals surface area contributed by atoms with E-state index in [4.69, 9.17) is 5.11 Å². The largest absolute Gasteiger partial charge is 0.481 e. The molecule has 0 saturated heterocycles. The van der Waals surface area contributed by atoms with Crippen LogP contribution in [0.15, 0.2) is 53.6 Å². The van der Waals surface area contributed by atoms with E-state index in [-0.39, 0.29) is 17.8 Å². The van der Waals surface area contributed by atoms with Crippen LogP contribution in [0, 0.1) is 5.82 Å². The van der Waals surface area contributed by atoms with E-state index in [0.29, 0.717) is 31.0 Å². The molecular formula is C24H24F4N4O4S. The number of anilines is 2. The summed E-state index contributed by atoms with van der Waals surface area (Å²) >= 11 is 0. The number of halogens is 4. The Morgan fingerprint density at radius 2 is 1.84 bits per heavy atom. The zero-order valence-corrected chi connectivity index (χ0v) is 20.7. The molecule has 2 heterocycles. The molecule has 0 aliphatic heterocycles. The summed E-state index contributed by atoms with van der Waals surface area (Å²) in [5.41, 5.74) is -1.44. The van der Waals surface area contributed by atoms with Gasteiger partial charge >= 0.3 is 12.1 Å². The zero-order chi connectivity index (χ0) is 27.4. The maximum absolute atomic E-state index is 13.9. The molecule has 0 radical (unpaired) electrons. The summed E-state index contributed by atoms with van der Waals surface area (Å²) in [5.74, 6) is -1.88. The van der Waals surface area contributed by atoms with Crippen molar-refractivity contribution in [1.29, 1.82) is 0 Å². The minimum absolute atomic E-state index is 0.0726. The molecule has 1 aromatic carbocycles. The van der Waals surface area contributed by atoms with Gasteiger partial charge in [-0.3, -0.25) is 9.52 Å². The number of aliphatic carboxylic acids is 1. The van der Waals surface area contributed by atoms with Gasteiger partial charge in [0.05, 0.1) is 11.3 Å². The van der Waals surface area contributed by atoms with Gasteiger partial charge in [0, 0.05) is 25.6 Å². The third-order valence-electron chi connectivity index (χ3n) is 5.41. The van der Waals surface area contributed by atoms with Crippen molar-refractivity contribution in [3.8, 4) is 11.3 Å². The highest BCUT2D eigenvalue weighted by Crippen LogP contribution is 2.38. The number of rotatable bonds is 10. The molecular weight excluding hydrogens is 516 g/mol. The van der Waals surface area contributed by atoms with Crippen LogP contribution in [0.3, 0.4) is 0 Å². The van der Waals surface area contributed by atoms with Gasteiger partial charge in [-0.15, -0.1) is 0 Å². The summed E-state index contributed by atoms with van der Waals surface area (Å²) in [6, 6.07) is 9.12. The van der Waals surface area contributed by atoms with Crippen molar-refractivity contribution in [2.24, 2.45) is 0 Å². The lowest BCUT2D eigenvalue weighted by molar-refractivity contribution is -0.138. The third-order valence-corrected chi connectivity index (χ3v) is 6.66. The Labute approximate surface area is 211 Å². The van der Waals surface area contributed by atoms with Crippen LogP contribution in [-0.4, -0.2) is 43.1 Å². The SMILES string of the molecule is CCc1ccc(F)cc1-c1nc(NS(=O)(=O)c2cccc(N(C)CCCC(=O)O)n2)ccc1C(F)(F)F. The second-order valence-corrected chi connectivity index (χ2v) is 9.73. The first kappa shape index (κ1) is 27.8. The minimum Gasteiger partial charge on any atom is -0.481 e. The standard InChI is InChI=1S/C24H24F4N4O4S/c1-3-15-9-10-16(25)14-17(15)23-18(24(26,27)28)11-12-19(29-23)31-37(35,36)21-7-4-6-20(30-21)32(2)13-5-8-22(33)34/h4,6-7,9-12,14H,3,5,8,13H2,1-2H3,(H,29,31)(H,33,34). The lowest BCUT2D eigenvalue weighted by Crippen LogP contribution is -2.22. The second kappa shape index (κ2) is 11.1. The lowest BCUT2D eigenvalue weighted by atomic mass is 9.98. The van der Waals surface area contributed by atoms with E-state index >= 15 is 0 Å². The Bertz CT molecular complexity index is 1400. The van der Waals surface area contributed by atoms with Crippen LogP contribution in [0.5, 0.6) is 0 Å². The predicted molar refractivity (Wildman–Crippen MR) is 129 cm³/mol. The van der Waals surface area contributed by atoms with Crippen molar-refractivity contribution in [3.63, 3.8) is 0 Å². The Morgan fingerprint density at radius 3 is 2.49 bits per heavy atom. The van der Waals surface area contributed by atoms with Gasteiger partial charge in [-0.25, -0.2) is 14.4 Å². The summed E-state index contributed by atoms with van der Waals surface area (Å²) in [6.45, 7) is 1.99. The Balaban J connectivity index is 1.97. The van der Waals surface area contributed by atoms with E-state index < -0.39 is 50.1 Å². The van der Waals surface area contributed by atoms with Gasteiger partial charge in [-0.05, 0) is 54.8 Å². The van der Waals surface area contributed by atoms with Crippen molar-refractivity contribution in [2.75, 3.05) is 23.2 Å². The molecule has 3 rings (SSSR count). The fourth-order valence-corrected chi connectivity index (χ4v) is 4.53. The highest BCUT2D eigenvalue weighted by molar-refractivity contribution is 7.92. The lowest BCUT2D eigenvalue weighted by Gasteiger charge is -2.19. The van der Waals surface area contributed by atoms with Crippen molar-refractivity contribution in [3.05, 3.63) is 65.5 Å². The topological polar surface area (TPSA) is 112 Å². The maximum Gasteiger partial charge on any atom is 0.418 e. The fraction of sp³-hybridized carbons (Fsp3) is 0.292. The summed E-state index contributed by atoms with van der Waals surface area (Å²) in [4.78, 5) is 20.3. The number of benzene rings is 1. The van der Waals surface area contributed by atoms with Crippen molar-refractivity contribution in [1.82, 2.24) is 9.97 Å². The van der Waals surface area contributed by atoms with E-state index in [9.17, 15) is 30.8 Å². The average molecular weight is 541 g/mol. The van der Waals surface area contributed by atoms with E-state index in [0.717, 1.165) is 18.2 Å². The Kier molecular flexibility index (Phi) is 8.36. The number of carbonyl (C=O) groups is 1. The molecule has 2 N–H and O–H groups in total. The number of alkyl halides is 3. The highest BCUT2D eigenvalue weighted by Gasteiger charge is 2.35. The van der Waals surface area contributed by atoms with Crippen LogP contribution < -0.4 is 9.62 Å². The van der Waals surface area contributed by atoms with Gasteiger partial charge < -0.3 is 10.0 Å². The number of hydrogen-bond donors (Lipinski definition) is 2. The second-order valence-electron chi connectivity index (χ2n) is 8.10. The molecule has 13 heteroatoms. The van der Waals surface area contributed by atoms with Gasteiger partial charge in [-0.1, -0.05) is 19.1 Å². The summed E-state index contributed by atoms with van der Waals surface area (Å²) < 4.78 is 83.3. The molecule has 0 atom stereocenters. The number of aryl methyl sites for hydroxylation is 1. The van der Waals surface area contributed by atoms with Crippen LogP contribution in [0.1, 0.15) is 30.9 Å². The number of hydrogen-bond acceptors (Lipinski definition) is 6. The average Bonchev–Trinajstić information content (AvgIpc) is 2.83. The quantitative estimate of drug-likeness (QED) is 0.349. The molecule has 0 amide bonds. The molecule has 0 aliphatic rings. The first-order valence-corrected chi connectivity index (χ1v) is 12.6. The van der Waals surface area contributed by atoms with E-state index in [1.807, 2.05) is 0 Å². The van der Waals surface area contributed by atoms with Gasteiger partial charge in [-0.2, -0.15) is 21.6 Å². The number of pyridine rings is 2. The first-order chi connectivity index (χ1) is 17.3. The van der Waals surface area contributed by atoms with E-state index in [1.165, 1.54) is 24.3 Å². The number of carboxylic acid groups (broad SMARTS) is 1. The fourth-order valence-electron chi connectivity index (χ4n) is 3.57. The summed E-state index contributed by atoms with van der Waals surface area (Å²) in [7, 11) is -2.76. The van der Waals surface area contributed by atoms with Crippen molar-refractivity contribution >= 4 is 27.6 Å². The van der Waals surface area contributed by atoms with Gasteiger partial charge in [0.1, 0.15) is 17.5 Å². The first-order valence-electron chi connectivity index (χ1n) is 11.1. The number of carboxylic acids is 1. The highest BCUT2D eigenvalue weighted by atomic mass is 32.2. The molecule has 0 fully saturated rings. The molecule has 3 aromatic rings. The zero-order valence-electron chi connectivity index (χ0n) is 19.9. The van der Waals surface area contributed by atoms with Crippen LogP contribution in [0.2, 0.25) is 0 Å². The molecule has 0 saturated carbocycles. The number of sulfonamides is 1. The van der Waals surface area contributed by atoms with Crippen LogP contribution in [0.25, 0.3) is 11.3 Å². The number of aromatic nitrogens is 2. The van der Waals surface area contributed by atoms with Gasteiger partial charge in [0.25, 0.3) is 10.0 Å². The van der Waals surface area contributed by atoms with Crippen LogP contribution in [-0.2, 0) is 27.4 Å². The van der Waals surface area contributed by atoms with Gasteiger partial charge in [0.15, 0.2) is 5.03 Å². The summed E-state index contributed by atoms with van der Waals surface area (Å²) in [6.07, 6.45) is -4.29. The van der Waals surface area contributed by atoms with Crippen LogP contribution >= 0.6 is 0 Å².